The van der Waals surface area contributed by atoms with E-state index in [2.05, 4.69) is 15.3 Å². The summed E-state index contributed by atoms with van der Waals surface area (Å²) in [5.74, 6) is -0.594. The first-order valence-corrected chi connectivity index (χ1v) is 11.2. The van der Waals surface area contributed by atoms with Crippen molar-refractivity contribution in [1.29, 1.82) is 0 Å². The first-order valence-electron chi connectivity index (χ1n) is 10.2. The van der Waals surface area contributed by atoms with Crippen LogP contribution in [0.5, 0.6) is 0 Å². The van der Waals surface area contributed by atoms with Crippen LogP contribution in [-0.2, 0) is 14.3 Å². The first-order chi connectivity index (χ1) is 15.2. The molecule has 0 bridgehead atoms. The van der Waals surface area contributed by atoms with Gasteiger partial charge in [0, 0.05) is 17.5 Å². The lowest BCUT2D eigenvalue weighted by molar-refractivity contribution is -0.138. The van der Waals surface area contributed by atoms with Crippen LogP contribution in [-0.4, -0.2) is 41.1 Å². The van der Waals surface area contributed by atoms with Crippen molar-refractivity contribution < 1.29 is 19.4 Å². The Balaban J connectivity index is 2.25. The van der Waals surface area contributed by atoms with Crippen molar-refractivity contribution in [2.75, 3.05) is 12.3 Å². The number of aliphatic carboxylic acids is 1. The van der Waals surface area contributed by atoms with Gasteiger partial charge in [-0.25, -0.2) is 9.59 Å². The van der Waals surface area contributed by atoms with Gasteiger partial charge in [-0.1, -0.05) is 65.8 Å². The summed E-state index contributed by atoms with van der Waals surface area (Å²) in [6.07, 6.45) is -0.228. The number of carbonyl (C=O) groups excluding carboxylic acids is 1. The molecule has 8 nitrogen and oxygen atoms in total. The first kappa shape index (κ1) is 25.1. The molecule has 0 saturated heterocycles. The Labute approximate surface area is 192 Å². The summed E-state index contributed by atoms with van der Waals surface area (Å²) in [7, 11) is 0. The number of rotatable bonds is 10. The van der Waals surface area contributed by atoms with Gasteiger partial charge in [-0.2, -0.15) is 0 Å². The zero-order chi connectivity index (χ0) is 23.6. The van der Waals surface area contributed by atoms with Crippen LogP contribution in [0.15, 0.2) is 65.8 Å². The number of benzene rings is 2. The molecule has 0 aliphatic heterocycles. The molecule has 0 fully saturated rings. The lowest BCUT2D eigenvalue weighted by Gasteiger charge is -2.31. The van der Waals surface area contributed by atoms with Gasteiger partial charge in [0.15, 0.2) is 4.75 Å². The molecule has 0 heterocycles. The molecule has 0 aliphatic carbocycles. The Hall–Kier alpha value is -3.16. The minimum atomic E-state index is -1.32. The lowest BCUT2D eigenvalue weighted by Crippen LogP contribution is -2.41. The van der Waals surface area contributed by atoms with E-state index in [-0.39, 0.29) is 6.54 Å². The second kappa shape index (κ2) is 11.5. The third-order valence-electron chi connectivity index (χ3n) is 4.53. The number of alkyl carbamates (subject to hydrolysis) is 1. The van der Waals surface area contributed by atoms with Gasteiger partial charge in [0.1, 0.15) is 5.60 Å². The summed E-state index contributed by atoms with van der Waals surface area (Å²) >= 11 is 1.26. The number of hydrogen-bond donors (Lipinski definition) is 2. The van der Waals surface area contributed by atoms with E-state index in [9.17, 15) is 14.7 Å². The van der Waals surface area contributed by atoms with Crippen LogP contribution in [0.3, 0.4) is 0 Å². The van der Waals surface area contributed by atoms with Crippen molar-refractivity contribution in [3.05, 3.63) is 82.2 Å². The van der Waals surface area contributed by atoms with Crippen LogP contribution in [0, 0.1) is 0 Å². The zero-order valence-corrected chi connectivity index (χ0v) is 19.2. The van der Waals surface area contributed by atoms with Crippen LogP contribution in [0.4, 0.5) is 4.79 Å². The highest BCUT2D eigenvalue weighted by Crippen LogP contribution is 2.43. The second-order valence-electron chi connectivity index (χ2n) is 8.11. The molecule has 0 spiro atoms. The molecule has 1 atom stereocenters. The fraction of sp³-hybridized carbons (Fsp3) is 0.391. The molecule has 1 amide bonds. The summed E-state index contributed by atoms with van der Waals surface area (Å²) in [5, 5.41) is 16.6. The van der Waals surface area contributed by atoms with Gasteiger partial charge >= 0.3 is 12.1 Å². The molecule has 2 rings (SSSR count). The number of nitrogens with zero attached hydrogens (tertiary/aromatic N) is 3. The van der Waals surface area contributed by atoms with E-state index in [1.807, 2.05) is 36.4 Å². The van der Waals surface area contributed by atoms with Gasteiger partial charge in [0.2, 0.25) is 0 Å². The van der Waals surface area contributed by atoms with Gasteiger partial charge in [0.05, 0.1) is 0 Å². The summed E-state index contributed by atoms with van der Waals surface area (Å²) in [5.41, 5.74) is 9.32. The molecule has 9 heteroatoms. The van der Waals surface area contributed by atoms with Crippen LogP contribution in [0.25, 0.3) is 10.4 Å². The molecule has 2 aromatic rings. The van der Waals surface area contributed by atoms with E-state index in [1.165, 1.54) is 11.8 Å². The van der Waals surface area contributed by atoms with Gasteiger partial charge < -0.3 is 15.2 Å². The van der Waals surface area contributed by atoms with Gasteiger partial charge in [-0.05, 0) is 49.6 Å². The number of hydrogen-bond acceptors (Lipinski definition) is 5. The fourth-order valence-corrected chi connectivity index (χ4v) is 4.60. The average Bonchev–Trinajstić information content (AvgIpc) is 2.74. The molecule has 0 radical (unpaired) electrons. The maximum absolute atomic E-state index is 12.6. The van der Waals surface area contributed by atoms with Gasteiger partial charge in [0.25, 0.3) is 0 Å². The molecule has 2 aromatic carbocycles. The third-order valence-corrected chi connectivity index (χ3v) is 6.05. The molecule has 170 valence electrons. The van der Waals surface area contributed by atoms with Crippen molar-refractivity contribution in [3.8, 4) is 0 Å². The second-order valence-corrected chi connectivity index (χ2v) is 9.42. The van der Waals surface area contributed by atoms with E-state index < -0.39 is 28.5 Å². The fourth-order valence-electron chi connectivity index (χ4n) is 3.16. The number of amides is 1. The monoisotopic (exact) mass is 456 g/mol. The van der Waals surface area contributed by atoms with Crippen molar-refractivity contribution in [3.63, 3.8) is 0 Å². The van der Waals surface area contributed by atoms with E-state index in [0.29, 0.717) is 23.3 Å². The Morgan fingerprint density at radius 1 is 1.09 bits per heavy atom. The maximum atomic E-state index is 12.6. The topological polar surface area (TPSA) is 124 Å². The maximum Gasteiger partial charge on any atom is 0.407 e. The summed E-state index contributed by atoms with van der Waals surface area (Å²) in [6, 6.07) is 17.6. The largest absolute Gasteiger partial charge is 0.480 e. The number of thioether (sulfide) groups is 1. The number of nitrogens with one attached hydrogen (secondary N) is 1. The lowest BCUT2D eigenvalue weighted by atomic mass is 9.90. The number of azide groups is 1. The number of carboxylic acid groups (broad SMARTS) is 1. The highest BCUT2D eigenvalue weighted by Gasteiger charge is 2.42. The number of carbonyl (C=O) groups is 2. The highest BCUT2D eigenvalue weighted by atomic mass is 32.2. The van der Waals surface area contributed by atoms with E-state index in [4.69, 9.17) is 10.3 Å². The Morgan fingerprint density at radius 2 is 1.62 bits per heavy atom. The predicted molar refractivity (Wildman–Crippen MR) is 126 cm³/mol. The number of ether oxygens (including phenoxy) is 1. The minimum Gasteiger partial charge on any atom is -0.480 e. The van der Waals surface area contributed by atoms with Crippen LogP contribution >= 0.6 is 11.8 Å². The summed E-state index contributed by atoms with van der Waals surface area (Å²) in [6.45, 7) is 5.30. The van der Waals surface area contributed by atoms with Crippen molar-refractivity contribution in [2.24, 2.45) is 5.11 Å². The van der Waals surface area contributed by atoms with Crippen LogP contribution < -0.4 is 5.32 Å². The zero-order valence-electron chi connectivity index (χ0n) is 18.4. The Kier molecular flexibility index (Phi) is 8.99. The van der Waals surface area contributed by atoms with Crippen molar-refractivity contribution in [2.45, 2.75) is 43.6 Å². The summed E-state index contributed by atoms with van der Waals surface area (Å²) in [4.78, 5) is 27.6. The number of carboxylic acids is 1. The van der Waals surface area contributed by atoms with Gasteiger partial charge in [-0.15, -0.1) is 11.8 Å². The van der Waals surface area contributed by atoms with E-state index in [1.54, 1.807) is 45.0 Å². The quantitative estimate of drug-likeness (QED) is 0.283. The predicted octanol–water partition coefficient (Wildman–Crippen LogP) is 5.34. The molecule has 0 unspecified atom stereocenters. The van der Waals surface area contributed by atoms with Crippen molar-refractivity contribution >= 4 is 23.8 Å². The van der Waals surface area contributed by atoms with Crippen LogP contribution in [0.2, 0.25) is 0 Å². The summed E-state index contributed by atoms with van der Waals surface area (Å²) < 4.78 is 3.96. The molecule has 0 aromatic heterocycles. The average molecular weight is 457 g/mol. The molecule has 32 heavy (non-hydrogen) atoms. The van der Waals surface area contributed by atoms with E-state index in [0.717, 1.165) is 0 Å². The van der Waals surface area contributed by atoms with E-state index >= 15 is 0 Å². The smallest absolute Gasteiger partial charge is 0.407 e. The molecule has 2 N–H and O–H groups in total. The Morgan fingerprint density at radius 3 is 2.06 bits per heavy atom. The van der Waals surface area contributed by atoms with Gasteiger partial charge in [-0.3, -0.25) is 0 Å². The third kappa shape index (κ3) is 6.93. The molecular weight excluding hydrogens is 428 g/mol. The Bertz CT molecular complexity index is 902. The molecule has 0 saturated carbocycles. The normalized spacial score (nSPS) is 12.3. The standard InChI is InChI=1S/C23H28N4O4S/c1-22(2,3)31-21(30)26-19(16-25-27-24)14-15-32-23(20(28)29,17-10-6-4-7-11-17)18-12-8-5-9-13-18/h4-13,19H,14-16H2,1-3H3,(H,26,30)(H,28,29)/t19-/m0/s1. The van der Waals surface area contributed by atoms with Crippen LogP contribution in [0.1, 0.15) is 38.3 Å². The SMILES string of the molecule is CC(C)(C)OC(=O)N[C@@H](CCSC(C(=O)O)(c1ccccc1)c1ccccc1)CN=[N+]=[N-]. The molecule has 0 aliphatic rings. The highest BCUT2D eigenvalue weighted by molar-refractivity contribution is 8.01. The molecular formula is C23H28N4O4S. The minimum absolute atomic E-state index is 0.0348. The van der Waals surface area contributed by atoms with Crippen molar-refractivity contribution in [1.82, 2.24) is 5.32 Å².